The van der Waals surface area contributed by atoms with Gasteiger partial charge in [-0.15, -0.1) is 0 Å². The second-order valence-corrected chi connectivity index (χ2v) is 5.37. The maximum Gasteiger partial charge on any atom is 0.330 e. The van der Waals surface area contributed by atoms with Gasteiger partial charge in [-0.2, -0.15) is 0 Å². The van der Waals surface area contributed by atoms with Crippen LogP contribution in [-0.4, -0.2) is 19.1 Å². The maximum atomic E-state index is 12.2. The van der Waals surface area contributed by atoms with E-state index in [0.717, 1.165) is 12.0 Å². The van der Waals surface area contributed by atoms with E-state index in [0.29, 0.717) is 0 Å². The van der Waals surface area contributed by atoms with Gasteiger partial charge in [0.1, 0.15) is 5.54 Å². The second-order valence-electron chi connectivity index (χ2n) is 5.37. The van der Waals surface area contributed by atoms with E-state index < -0.39 is 5.54 Å². The molecule has 0 aliphatic heterocycles. The van der Waals surface area contributed by atoms with Crippen LogP contribution in [0.5, 0.6) is 0 Å². The Kier molecular flexibility index (Phi) is 5.12. The number of nitrogens with one attached hydrogen (secondary N) is 1. The monoisotopic (exact) mass is 263 g/mol. The van der Waals surface area contributed by atoms with Crippen LogP contribution < -0.4 is 5.32 Å². The van der Waals surface area contributed by atoms with Crippen molar-refractivity contribution in [2.24, 2.45) is 0 Å². The van der Waals surface area contributed by atoms with Crippen molar-refractivity contribution in [2.75, 3.05) is 7.11 Å². The molecular formula is C16H25NO2. The number of carbonyl (C=O) groups excluding carboxylic acids is 1. The summed E-state index contributed by atoms with van der Waals surface area (Å²) in [5.74, 6) is -0.254. The SMILES string of the molecule is CCC(C)NC(C)(C(=O)OC)c1ccc(C)c(C)c1. The first-order valence-corrected chi connectivity index (χ1v) is 6.79. The van der Waals surface area contributed by atoms with Crippen LogP contribution in [0, 0.1) is 13.8 Å². The highest BCUT2D eigenvalue weighted by Gasteiger charge is 2.37. The quantitative estimate of drug-likeness (QED) is 0.830. The Morgan fingerprint density at radius 2 is 2.00 bits per heavy atom. The number of hydrogen-bond acceptors (Lipinski definition) is 3. The molecule has 1 aromatic carbocycles. The van der Waals surface area contributed by atoms with Crippen LogP contribution in [0.4, 0.5) is 0 Å². The minimum absolute atomic E-state index is 0.241. The Morgan fingerprint density at radius 3 is 2.47 bits per heavy atom. The number of methoxy groups -OCH3 is 1. The van der Waals surface area contributed by atoms with Gasteiger partial charge in [-0.1, -0.05) is 25.1 Å². The van der Waals surface area contributed by atoms with Crippen molar-refractivity contribution >= 4 is 5.97 Å². The fourth-order valence-electron chi connectivity index (χ4n) is 2.11. The molecule has 0 aromatic heterocycles. The fraction of sp³-hybridized carbons (Fsp3) is 0.562. The van der Waals surface area contributed by atoms with Gasteiger partial charge < -0.3 is 4.74 Å². The molecular weight excluding hydrogens is 238 g/mol. The van der Waals surface area contributed by atoms with E-state index in [-0.39, 0.29) is 12.0 Å². The lowest BCUT2D eigenvalue weighted by Gasteiger charge is -2.32. The number of hydrogen-bond donors (Lipinski definition) is 1. The first-order valence-electron chi connectivity index (χ1n) is 6.79. The molecule has 1 N–H and O–H groups in total. The van der Waals surface area contributed by atoms with Crippen molar-refractivity contribution in [1.82, 2.24) is 5.32 Å². The zero-order valence-corrected chi connectivity index (χ0v) is 12.8. The number of ether oxygens (including phenoxy) is 1. The third-order valence-electron chi connectivity index (χ3n) is 3.83. The van der Waals surface area contributed by atoms with Crippen LogP contribution in [0.2, 0.25) is 0 Å². The molecule has 19 heavy (non-hydrogen) atoms. The van der Waals surface area contributed by atoms with Gasteiger partial charge in [-0.25, -0.2) is 4.79 Å². The van der Waals surface area contributed by atoms with E-state index in [4.69, 9.17) is 4.74 Å². The fourth-order valence-corrected chi connectivity index (χ4v) is 2.11. The summed E-state index contributed by atoms with van der Waals surface area (Å²) in [6.07, 6.45) is 0.956. The standard InChI is InChI=1S/C16H25NO2/c1-7-13(4)17-16(5,15(18)19-6)14-9-8-11(2)12(3)10-14/h8-10,13,17H,7H2,1-6H3. The second kappa shape index (κ2) is 6.20. The lowest BCUT2D eigenvalue weighted by atomic mass is 9.88. The van der Waals surface area contributed by atoms with Crippen LogP contribution in [0.15, 0.2) is 18.2 Å². The highest BCUT2D eigenvalue weighted by atomic mass is 16.5. The number of benzene rings is 1. The predicted molar refractivity (Wildman–Crippen MR) is 78.2 cm³/mol. The highest BCUT2D eigenvalue weighted by Crippen LogP contribution is 2.25. The number of carbonyl (C=O) groups is 1. The van der Waals surface area contributed by atoms with Crippen molar-refractivity contribution < 1.29 is 9.53 Å². The van der Waals surface area contributed by atoms with Crippen LogP contribution in [0.3, 0.4) is 0 Å². The summed E-state index contributed by atoms with van der Waals surface area (Å²) in [6, 6.07) is 6.34. The van der Waals surface area contributed by atoms with E-state index in [1.54, 1.807) is 0 Å². The van der Waals surface area contributed by atoms with Gasteiger partial charge in [0, 0.05) is 6.04 Å². The molecule has 0 radical (unpaired) electrons. The van der Waals surface area contributed by atoms with Crippen LogP contribution in [-0.2, 0) is 15.1 Å². The Hall–Kier alpha value is -1.35. The van der Waals surface area contributed by atoms with Gasteiger partial charge in [0.25, 0.3) is 0 Å². The molecule has 0 aliphatic carbocycles. The van der Waals surface area contributed by atoms with E-state index in [1.165, 1.54) is 18.2 Å². The molecule has 0 aliphatic rings. The molecule has 0 saturated heterocycles. The van der Waals surface area contributed by atoms with Crippen LogP contribution >= 0.6 is 0 Å². The zero-order valence-electron chi connectivity index (χ0n) is 12.8. The largest absolute Gasteiger partial charge is 0.467 e. The molecule has 1 aromatic rings. The van der Waals surface area contributed by atoms with Gasteiger partial charge in [-0.05, 0) is 50.8 Å². The Labute approximate surface area is 116 Å². The summed E-state index contributed by atoms with van der Waals surface area (Å²) >= 11 is 0. The van der Waals surface area contributed by atoms with Crippen molar-refractivity contribution in [1.29, 1.82) is 0 Å². The van der Waals surface area contributed by atoms with Crippen LogP contribution in [0.1, 0.15) is 43.9 Å². The lowest BCUT2D eigenvalue weighted by Crippen LogP contribution is -2.51. The summed E-state index contributed by atoms with van der Waals surface area (Å²) in [6.45, 7) is 10.2. The summed E-state index contributed by atoms with van der Waals surface area (Å²) in [5.41, 5.74) is 2.55. The normalized spacial score (nSPS) is 15.7. The molecule has 2 atom stereocenters. The third-order valence-corrected chi connectivity index (χ3v) is 3.83. The molecule has 3 nitrogen and oxygen atoms in total. The Morgan fingerprint density at radius 1 is 1.37 bits per heavy atom. The topological polar surface area (TPSA) is 38.3 Å². The Bertz CT molecular complexity index is 456. The molecule has 0 heterocycles. The number of aryl methyl sites for hydroxylation is 2. The van der Waals surface area contributed by atoms with Crippen molar-refractivity contribution in [3.63, 3.8) is 0 Å². The molecule has 0 amide bonds. The van der Waals surface area contributed by atoms with Gasteiger partial charge in [0.05, 0.1) is 7.11 Å². The van der Waals surface area contributed by atoms with Crippen LogP contribution in [0.25, 0.3) is 0 Å². The highest BCUT2D eigenvalue weighted by molar-refractivity contribution is 5.82. The van der Waals surface area contributed by atoms with Crippen molar-refractivity contribution in [3.8, 4) is 0 Å². The van der Waals surface area contributed by atoms with Crippen molar-refractivity contribution in [3.05, 3.63) is 34.9 Å². The predicted octanol–water partition coefficient (Wildman–Crippen LogP) is 3.08. The molecule has 0 saturated carbocycles. The lowest BCUT2D eigenvalue weighted by molar-refractivity contribution is -0.148. The summed E-state index contributed by atoms with van der Waals surface area (Å²) in [4.78, 5) is 12.2. The van der Waals surface area contributed by atoms with Gasteiger partial charge >= 0.3 is 5.97 Å². The first-order chi connectivity index (χ1) is 8.85. The molecule has 2 unspecified atom stereocenters. The summed E-state index contributed by atoms with van der Waals surface area (Å²) in [7, 11) is 1.43. The van der Waals surface area contributed by atoms with E-state index in [1.807, 2.05) is 19.1 Å². The van der Waals surface area contributed by atoms with Gasteiger partial charge in [-0.3, -0.25) is 5.32 Å². The van der Waals surface area contributed by atoms with Gasteiger partial charge in [0.15, 0.2) is 0 Å². The maximum absolute atomic E-state index is 12.2. The van der Waals surface area contributed by atoms with Gasteiger partial charge in [0.2, 0.25) is 0 Å². The summed E-state index contributed by atoms with van der Waals surface area (Å²) in [5, 5.41) is 3.38. The number of esters is 1. The van der Waals surface area contributed by atoms with E-state index in [2.05, 4.69) is 39.1 Å². The zero-order chi connectivity index (χ0) is 14.6. The first kappa shape index (κ1) is 15.7. The molecule has 3 heteroatoms. The minimum atomic E-state index is -0.803. The number of rotatable bonds is 5. The van der Waals surface area contributed by atoms with Crippen molar-refractivity contribution in [2.45, 2.75) is 52.6 Å². The van der Waals surface area contributed by atoms with E-state index in [9.17, 15) is 4.79 Å². The minimum Gasteiger partial charge on any atom is -0.467 e. The average Bonchev–Trinajstić information content (AvgIpc) is 2.40. The molecule has 0 bridgehead atoms. The average molecular weight is 263 g/mol. The Balaban J connectivity index is 3.22. The molecule has 1 rings (SSSR count). The molecule has 0 fully saturated rings. The molecule has 106 valence electrons. The third kappa shape index (κ3) is 3.35. The van der Waals surface area contributed by atoms with E-state index >= 15 is 0 Å². The molecule has 0 spiro atoms. The summed E-state index contributed by atoms with van der Waals surface area (Å²) < 4.78 is 4.98. The smallest absolute Gasteiger partial charge is 0.330 e.